The third-order valence-electron chi connectivity index (χ3n) is 5.61. The maximum atomic E-state index is 13.3. The first-order chi connectivity index (χ1) is 13.5. The molecule has 28 heavy (non-hydrogen) atoms. The van der Waals surface area contributed by atoms with E-state index in [0.717, 1.165) is 49.5 Å². The Morgan fingerprint density at radius 1 is 1.18 bits per heavy atom. The van der Waals surface area contributed by atoms with Gasteiger partial charge in [0.2, 0.25) is 0 Å². The Hall–Kier alpha value is -2.11. The zero-order valence-electron chi connectivity index (χ0n) is 16.9. The number of methoxy groups -OCH3 is 1. The highest BCUT2D eigenvalue weighted by atomic mass is 19.1. The summed E-state index contributed by atoms with van der Waals surface area (Å²) in [6.45, 7) is 4.91. The SMILES string of the molecule is COc1ccc(O)c(CN(C)CC2CCN(CCc3cccc(F)c3)CC2)c1. The lowest BCUT2D eigenvalue weighted by atomic mass is 9.95. The predicted molar refractivity (Wildman–Crippen MR) is 110 cm³/mol. The van der Waals surface area contributed by atoms with E-state index in [-0.39, 0.29) is 5.82 Å². The predicted octanol–water partition coefficient (Wildman–Crippen LogP) is 3.93. The van der Waals surface area contributed by atoms with Crippen molar-refractivity contribution in [1.82, 2.24) is 9.80 Å². The van der Waals surface area contributed by atoms with E-state index < -0.39 is 0 Å². The van der Waals surface area contributed by atoms with Gasteiger partial charge in [-0.15, -0.1) is 0 Å². The summed E-state index contributed by atoms with van der Waals surface area (Å²) in [6.07, 6.45) is 3.26. The summed E-state index contributed by atoms with van der Waals surface area (Å²) in [7, 11) is 3.75. The third-order valence-corrected chi connectivity index (χ3v) is 5.61. The van der Waals surface area contributed by atoms with Gasteiger partial charge in [-0.05, 0) is 81.2 Å². The number of phenols is 1. The maximum Gasteiger partial charge on any atom is 0.123 e. The fraction of sp³-hybridized carbons (Fsp3) is 0.478. The van der Waals surface area contributed by atoms with Gasteiger partial charge in [-0.3, -0.25) is 0 Å². The first kappa shape index (κ1) is 20.6. The van der Waals surface area contributed by atoms with Crippen molar-refractivity contribution in [2.24, 2.45) is 5.92 Å². The van der Waals surface area contributed by atoms with Crippen molar-refractivity contribution < 1.29 is 14.2 Å². The van der Waals surface area contributed by atoms with Gasteiger partial charge in [-0.25, -0.2) is 4.39 Å². The van der Waals surface area contributed by atoms with Crippen molar-refractivity contribution in [2.45, 2.75) is 25.8 Å². The topological polar surface area (TPSA) is 35.9 Å². The summed E-state index contributed by atoms with van der Waals surface area (Å²) in [4.78, 5) is 4.76. The highest BCUT2D eigenvalue weighted by Crippen LogP contribution is 2.25. The molecule has 1 aliphatic rings. The molecular weight excluding hydrogens is 355 g/mol. The number of hydrogen-bond donors (Lipinski definition) is 1. The molecule has 2 aromatic rings. The Morgan fingerprint density at radius 2 is 1.96 bits per heavy atom. The number of rotatable bonds is 8. The molecule has 152 valence electrons. The van der Waals surface area contributed by atoms with E-state index in [9.17, 15) is 9.50 Å². The molecule has 1 heterocycles. The van der Waals surface area contributed by atoms with Crippen LogP contribution in [0.3, 0.4) is 0 Å². The van der Waals surface area contributed by atoms with E-state index >= 15 is 0 Å². The van der Waals surface area contributed by atoms with E-state index in [4.69, 9.17) is 4.74 Å². The fourth-order valence-corrected chi connectivity index (χ4v) is 3.98. The van der Waals surface area contributed by atoms with Crippen LogP contribution >= 0.6 is 0 Å². The smallest absolute Gasteiger partial charge is 0.123 e. The first-order valence-corrected chi connectivity index (χ1v) is 10.0. The lowest BCUT2D eigenvalue weighted by Gasteiger charge is -2.34. The van der Waals surface area contributed by atoms with Gasteiger partial charge in [0.05, 0.1) is 7.11 Å². The Labute approximate surface area is 167 Å². The molecule has 1 saturated heterocycles. The highest BCUT2D eigenvalue weighted by molar-refractivity contribution is 5.39. The number of piperidine rings is 1. The Morgan fingerprint density at radius 3 is 2.68 bits per heavy atom. The standard InChI is InChI=1S/C23H31FN2O2/c1-25(17-20-15-22(28-2)6-7-23(20)27)16-19-9-12-26(13-10-19)11-8-18-4-3-5-21(24)14-18/h3-7,14-15,19,27H,8-13,16-17H2,1-2H3. The second kappa shape index (κ2) is 9.89. The lowest BCUT2D eigenvalue weighted by molar-refractivity contribution is 0.153. The van der Waals surface area contributed by atoms with Crippen molar-refractivity contribution in [3.8, 4) is 11.5 Å². The lowest BCUT2D eigenvalue weighted by Crippen LogP contribution is -2.38. The van der Waals surface area contributed by atoms with Gasteiger partial charge >= 0.3 is 0 Å². The van der Waals surface area contributed by atoms with Crippen molar-refractivity contribution in [1.29, 1.82) is 0 Å². The van der Waals surface area contributed by atoms with Crippen molar-refractivity contribution in [2.75, 3.05) is 40.3 Å². The fourth-order valence-electron chi connectivity index (χ4n) is 3.98. The molecule has 1 N–H and O–H groups in total. The molecule has 0 radical (unpaired) electrons. The van der Waals surface area contributed by atoms with Crippen LogP contribution in [-0.4, -0.2) is 55.2 Å². The minimum absolute atomic E-state index is 0.152. The van der Waals surface area contributed by atoms with Crippen LogP contribution < -0.4 is 4.74 Å². The molecule has 0 unspecified atom stereocenters. The Balaban J connectivity index is 1.41. The number of benzene rings is 2. The minimum Gasteiger partial charge on any atom is -0.508 e. The molecule has 1 aliphatic heterocycles. The summed E-state index contributed by atoms with van der Waals surface area (Å²) < 4.78 is 18.5. The summed E-state index contributed by atoms with van der Waals surface area (Å²) in [5.41, 5.74) is 1.97. The van der Waals surface area contributed by atoms with E-state index in [1.807, 2.05) is 12.1 Å². The third kappa shape index (κ3) is 5.94. The number of nitrogens with zero attached hydrogens (tertiary/aromatic N) is 2. The van der Waals surface area contributed by atoms with Crippen molar-refractivity contribution >= 4 is 0 Å². The van der Waals surface area contributed by atoms with Crippen LogP contribution in [-0.2, 0) is 13.0 Å². The first-order valence-electron chi connectivity index (χ1n) is 10.0. The molecule has 0 atom stereocenters. The van der Waals surface area contributed by atoms with Crippen LogP contribution in [0.15, 0.2) is 42.5 Å². The second-order valence-electron chi connectivity index (χ2n) is 7.86. The maximum absolute atomic E-state index is 13.3. The van der Waals surface area contributed by atoms with Gasteiger partial charge < -0.3 is 19.6 Å². The molecule has 0 aliphatic carbocycles. The second-order valence-corrected chi connectivity index (χ2v) is 7.86. The Kier molecular flexibility index (Phi) is 7.29. The van der Waals surface area contributed by atoms with Gasteiger partial charge in [-0.2, -0.15) is 0 Å². The minimum atomic E-state index is -0.152. The van der Waals surface area contributed by atoms with Crippen LogP contribution in [0.4, 0.5) is 4.39 Å². The zero-order valence-corrected chi connectivity index (χ0v) is 16.9. The number of halogens is 1. The number of likely N-dealkylation sites (tertiary alicyclic amines) is 1. The number of phenolic OH excluding ortho intramolecular Hbond substituents is 1. The molecule has 1 fully saturated rings. The normalized spacial score (nSPS) is 15.9. The summed E-state index contributed by atoms with van der Waals surface area (Å²) in [5.74, 6) is 1.61. The van der Waals surface area contributed by atoms with E-state index in [1.165, 1.54) is 18.9 Å². The van der Waals surface area contributed by atoms with Gasteiger partial charge in [0, 0.05) is 25.2 Å². The zero-order chi connectivity index (χ0) is 19.9. The number of hydrogen-bond acceptors (Lipinski definition) is 4. The Bertz CT molecular complexity index is 760. The number of ether oxygens (including phenoxy) is 1. The average molecular weight is 387 g/mol. The molecule has 0 aromatic heterocycles. The molecule has 0 amide bonds. The molecule has 3 rings (SSSR count). The highest BCUT2D eigenvalue weighted by Gasteiger charge is 2.20. The molecule has 0 saturated carbocycles. The monoisotopic (exact) mass is 386 g/mol. The van der Waals surface area contributed by atoms with Crippen molar-refractivity contribution in [3.63, 3.8) is 0 Å². The quantitative estimate of drug-likeness (QED) is 0.746. The molecule has 2 aromatic carbocycles. The van der Waals surface area contributed by atoms with Gasteiger partial charge in [-0.1, -0.05) is 12.1 Å². The summed E-state index contributed by atoms with van der Waals surface area (Å²) in [6, 6.07) is 12.3. The average Bonchev–Trinajstić information content (AvgIpc) is 2.69. The summed E-state index contributed by atoms with van der Waals surface area (Å²) >= 11 is 0. The van der Waals surface area contributed by atoms with Crippen LogP contribution in [0, 0.1) is 11.7 Å². The van der Waals surface area contributed by atoms with E-state index in [2.05, 4.69) is 16.8 Å². The number of aromatic hydroxyl groups is 1. The van der Waals surface area contributed by atoms with Gasteiger partial charge in [0.25, 0.3) is 0 Å². The molecule has 0 spiro atoms. The molecular formula is C23H31FN2O2. The van der Waals surface area contributed by atoms with Crippen LogP contribution in [0.1, 0.15) is 24.0 Å². The van der Waals surface area contributed by atoms with Crippen LogP contribution in [0.5, 0.6) is 11.5 Å². The van der Waals surface area contributed by atoms with Crippen molar-refractivity contribution in [3.05, 3.63) is 59.4 Å². The van der Waals surface area contributed by atoms with Crippen LogP contribution in [0.2, 0.25) is 0 Å². The van der Waals surface area contributed by atoms with Crippen LogP contribution in [0.25, 0.3) is 0 Å². The van der Waals surface area contributed by atoms with Gasteiger partial charge in [0.1, 0.15) is 17.3 Å². The molecule has 5 heteroatoms. The van der Waals surface area contributed by atoms with E-state index in [0.29, 0.717) is 18.2 Å². The molecule has 0 bridgehead atoms. The largest absolute Gasteiger partial charge is 0.508 e. The summed E-state index contributed by atoms with van der Waals surface area (Å²) in [5, 5.41) is 10.1. The molecule has 4 nitrogen and oxygen atoms in total. The van der Waals surface area contributed by atoms with Gasteiger partial charge in [0.15, 0.2) is 0 Å². The van der Waals surface area contributed by atoms with E-state index in [1.54, 1.807) is 31.4 Å².